The van der Waals surface area contributed by atoms with Gasteiger partial charge in [-0.3, -0.25) is 0 Å². The molecule has 0 saturated heterocycles. The molecule has 0 bridgehead atoms. The summed E-state index contributed by atoms with van der Waals surface area (Å²) in [6, 6.07) is 11.5. The first-order chi connectivity index (χ1) is 9.52. The van der Waals surface area contributed by atoms with Crippen molar-refractivity contribution in [1.82, 2.24) is 5.32 Å². The van der Waals surface area contributed by atoms with E-state index in [4.69, 9.17) is 0 Å². The van der Waals surface area contributed by atoms with Crippen LogP contribution in [0, 0.1) is 19.7 Å². The van der Waals surface area contributed by atoms with E-state index in [1.807, 2.05) is 13.1 Å². The van der Waals surface area contributed by atoms with Crippen molar-refractivity contribution in [1.29, 1.82) is 0 Å². The van der Waals surface area contributed by atoms with Gasteiger partial charge in [0.15, 0.2) is 0 Å². The Hall–Kier alpha value is -1.19. The fourth-order valence-electron chi connectivity index (χ4n) is 2.43. The van der Waals surface area contributed by atoms with Gasteiger partial charge >= 0.3 is 0 Å². The third kappa shape index (κ3) is 3.28. The second kappa shape index (κ2) is 6.51. The van der Waals surface area contributed by atoms with Crippen LogP contribution in [0.2, 0.25) is 0 Å². The molecular weight excluding hydrogens is 317 g/mol. The molecule has 1 nitrogen and oxygen atoms in total. The van der Waals surface area contributed by atoms with Gasteiger partial charge in [-0.25, -0.2) is 4.39 Å². The largest absolute Gasteiger partial charge is 0.313 e. The van der Waals surface area contributed by atoms with Gasteiger partial charge in [0, 0.05) is 16.1 Å². The first-order valence-corrected chi connectivity index (χ1v) is 7.49. The Kier molecular flexibility index (Phi) is 4.95. The smallest absolute Gasteiger partial charge is 0.129 e. The lowest BCUT2D eigenvalue weighted by atomic mass is 9.94. The van der Waals surface area contributed by atoms with Crippen LogP contribution in [-0.2, 0) is 6.42 Å². The SMILES string of the molecule is CNC(Cc1cc(C)ccc1C)c1c(F)cccc1Br. The summed E-state index contributed by atoms with van der Waals surface area (Å²) in [5.74, 6) is -0.177. The number of rotatable bonds is 4. The summed E-state index contributed by atoms with van der Waals surface area (Å²) in [6.07, 6.45) is 0.767. The van der Waals surface area contributed by atoms with Crippen LogP contribution in [0.1, 0.15) is 28.3 Å². The Morgan fingerprint density at radius 2 is 1.95 bits per heavy atom. The molecule has 0 aliphatic carbocycles. The number of halogens is 2. The molecule has 0 aliphatic heterocycles. The van der Waals surface area contributed by atoms with Crippen molar-refractivity contribution in [2.45, 2.75) is 26.3 Å². The summed E-state index contributed by atoms with van der Waals surface area (Å²) in [4.78, 5) is 0. The second-order valence-electron chi connectivity index (χ2n) is 5.11. The third-order valence-electron chi connectivity index (χ3n) is 3.63. The zero-order valence-corrected chi connectivity index (χ0v) is 13.6. The Labute approximate surface area is 128 Å². The average molecular weight is 336 g/mol. The molecule has 3 heteroatoms. The molecule has 1 unspecified atom stereocenters. The molecule has 1 N–H and O–H groups in total. The minimum atomic E-state index is -0.177. The molecule has 2 aromatic carbocycles. The zero-order valence-electron chi connectivity index (χ0n) is 12.0. The van der Waals surface area contributed by atoms with E-state index in [0.717, 1.165) is 10.9 Å². The minimum Gasteiger partial charge on any atom is -0.313 e. The van der Waals surface area contributed by atoms with Crippen LogP contribution in [0.25, 0.3) is 0 Å². The van der Waals surface area contributed by atoms with E-state index in [2.05, 4.69) is 53.3 Å². The molecule has 0 fully saturated rings. The van der Waals surface area contributed by atoms with E-state index in [-0.39, 0.29) is 11.9 Å². The van der Waals surface area contributed by atoms with Gasteiger partial charge < -0.3 is 5.32 Å². The summed E-state index contributed by atoms with van der Waals surface area (Å²) in [7, 11) is 1.87. The molecule has 2 rings (SSSR count). The van der Waals surface area contributed by atoms with Crippen LogP contribution >= 0.6 is 15.9 Å². The van der Waals surface area contributed by atoms with E-state index >= 15 is 0 Å². The highest BCUT2D eigenvalue weighted by Crippen LogP contribution is 2.29. The van der Waals surface area contributed by atoms with Gasteiger partial charge in [-0.1, -0.05) is 45.8 Å². The normalized spacial score (nSPS) is 12.4. The molecule has 1 atom stereocenters. The summed E-state index contributed by atoms with van der Waals surface area (Å²) in [6.45, 7) is 4.17. The molecule has 0 saturated carbocycles. The van der Waals surface area contributed by atoms with E-state index in [0.29, 0.717) is 5.56 Å². The number of benzene rings is 2. The molecule has 20 heavy (non-hydrogen) atoms. The number of hydrogen-bond donors (Lipinski definition) is 1. The number of nitrogens with one attached hydrogen (secondary N) is 1. The van der Waals surface area contributed by atoms with Gasteiger partial charge in [-0.2, -0.15) is 0 Å². The fraction of sp³-hybridized carbons (Fsp3) is 0.294. The highest BCUT2D eigenvalue weighted by molar-refractivity contribution is 9.10. The van der Waals surface area contributed by atoms with Gasteiger partial charge in [-0.05, 0) is 50.6 Å². The summed E-state index contributed by atoms with van der Waals surface area (Å²) in [5, 5.41) is 3.23. The Bertz CT molecular complexity index is 590. The van der Waals surface area contributed by atoms with Crippen molar-refractivity contribution in [3.05, 3.63) is 68.9 Å². The maximum absolute atomic E-state index is 14.1. The highest BCUT2D eigenvalue weighted by atomic mass is 79.9. The monoisotopic (exact) mass is 335 g/mol. The molecule has 0 spiro atoms. The first kappa shape index (κ1) is 15.2. The summed E-state index contributed by atoms with van der Waals surface area (Å²) < 4.78 is 14.9. The predicted octanol–water partition coefficient (Wildman–Crippen LogP) is 4.71. The van der Waals surface area contributed by atoms with Gasteiger partial charge in [0.25, 0.3) is 0 Å². The topological polar surface area (TPSA) is 12.0 Å². The van der Waals surface area contributed by atoms with Crippen molar-refractivity contribution in [3.8, 4) is 0 Å². The van der Waals surface area contributed by atoms with Crippen molar-refractivity contribution < 1.29 is 4.39 Å². The van der Waals surface area contributed by atoms with Crippen LogP contribution in [0.4, 0.5) is 4.39 Å². The van der Waals surface area contributed by atoms with Crippen molar-refractivity contribution >= 4 is 15.9 Å². The molecule has 0 aliphatic rings. The highest BCUT2D eigenvalue weighted by Gasteiger charge is 2.18. The van der Waals surface area contributed by atoms with Crippen LogP contribution < -0.4 is 5.32 Å². The van der Waals surface area contributed by atoms with Crippen molar-refractivity contribution in [3.63, 3.8) is 0 Å². The lowest BCUT2D eigenvalue weighted by Gasteiger charge is -2.20. The number of aryl methyl sites for hydroxylation is 2. The molecule has 0 radical (unpaired) electrons. The Morgan fingerprint density at radius 3 is 2.60 bits per heavy atom. The quantitative estimate of drug-likeness (QED) is 0.853. The summed E-state index contributed by atoms with van der Waals surface area (Å²) >= 11 is 3.45. The van der Waals surface area contributed by atoms with Crippen LogP contribution in [-0.4, -0.2) is 7.05 Å². The molecule has 2 aromatic rings. The van der Waals surface area contributed by atoms with E-state index in [1.54, 1.807) is 6.07 Å². The van der Waals surface area contributed by atoms with Crippen molar-refractivity contribution in [2.75, 3.05) is 7.05 Å². The molecule has 0 heterocycles. The van der Waals surface area contributed by atoms with E-state index in [1.165, 1.54) is 22.8 Å². The maximum Gasteiger partial charge on any atom is 0.129 e. The van der Waals surface area contributed by atoms with Crippen LogP contribution in [0.5, 0.6) is 0 Å². The molecule has 106 valence electrons. The van der Waals surface area contributed by atoms with Gasteiger partial charge in [-0.15, -0.1) is 0 Å². The number of likely N-dealkylation sites (N-methyl/N-ethyl adjacent to an activating group) is 1. The minimum absolute atomic E-state index is 0.0499. The fourth-order valence-corrected chi connectivity index (χ4v) is 3.05. The van der Waals surface area contributed by atoms with Crippen LogP contribution in [0.15, 0.2) is 40.9 Å². The Balaban J connectivity index is 2.36. The predicted molar refractivity (Wildman–Crippen MR) is 85.5 cm³/mol. The molecule has 0 aromatic heterocycles. The standard InChI is InChI=1S/C17H19BrFN/c1-11-7-8-12(2)13(9-11)10-16(20-3)17-14(18)5-4-6-15(17)19/h4-9,16,20H,10H2,1-3H3. The van der Waals surface area contributed by atoms with E-state index < -0.39 is 0 Å². The third-order valence-corrected chi connectivity index (χ3v) is 4.32. The maximum atomic E-state index is 14.1. The first-order valence-electron chi connectivity index (χ1n) is 6.70. The number of hydrogen-bond acceptors (Lipinski definition) is 1. The summed E-state index contributed by atoms with van der Waals surface area (Å²) in [5.41, 5.74) is 4.41. The molecule has 0 amide bonds. The second-order valence-corrected chi connectivity index (χ2v) is 5.96. The lowest BCUT2D eigenvalue weighted by molar-refractivity contribution is 0.530. The van der Waals surface area contributed by atoms with Gasteiger partial charge in [0.1, 0.15) is 5.82 Å². The van der Waals surface area contributed by atoms with E-state index in [9.17, 15) is 4.39 Å². The van der Waals surface area contributed by atoms with Gasteiger partial charge in [0.2, 0.25) is 0 Å². The van der Waals surface area contributed by atoms with Gasteiger partial charge in [0.05, 0.1) is 0 Å². The van der Waals surface area contributed by atoms with Crippen molar-refractivity contribution in [2.24, 2.45) is 0 Å². The average Bonchev–Trinajstić information content (AvgIpc) is 2.41. The van der Waals surface area contributed by atoms with Crippen LogP contribution in [0.3, 0.4) is 0 Å². The lowest BCUT2D eigenvalue weighted by Crippen LogP contribution is -2.21. The zero-order chi connectivity index (χ0) is 14.7. The Morgan fingerprint density at radius 1 is 1.20 bits per heavy atom. The molecular formula is C17H19BrFN.